The zero-order valence-electron chi connectivity index (χ0n) is 12.4. The number of H-pyrrole nitrogens is 1. The summed E-state index contributed by atoms with van der Waals surface area (Å²) in [4.78, 5) is 6.00. The molecule has 0 spiro atoms. The van der Waals surface area contributed by atoms with Gasteiger partial charge in [-0.2, -0.15) is 0 Å². The predicted octanol–water partition coefficient (Wildman–Crippen LogP) is 3.30. The lowest BCUT2D eigenvalue weighted by molar-refractivity contribution is 0.164. The average molecular weight is 271 g/mol. The number of fused-ring (bicyclic) bond motifs is 1. The summed E-state index contributed by atoms with van der Waals surface area (Å²) in [5, 5.41) is 4.86. The summed E-state index contributed by atoms with van der Waals surface area (Å²) in [7, 11) is 0. The molecule has 0 radical (unpaired) electrons. The van der Waals surface area contributed by atoms with Crippen molar-refractivity contribution < 1.29 is 0 Å². The van der Waals surface area contributed by atoms with Gasteiger partial charge in [0.1, 0.15) is 0 Å². The quantitative estimate of drug-likeness (QED) is 0.874. The SMILES string of the molecule is CCCC[C@@H](c1cccc2[nH]ccc12)N1CCNCC1. The summed E-state index contributed by atoms with van der Waals surface area (Å²) in [6.45, 7) is 6.84. The maximum absolute atomic E-state index is 3.46. The van der Waals surface area contributed by atoms with Gasteiger partial charge < -0.3 is 10.3 Å². The first-order chi connectivity index (χ1) is 9.90. The van der Waals surface area contributed by atoms with Crippen molar-refractivity contribution in [3.8, 4) is 0 Å². The van der Waals surface area contributed by atoms with Gasteiger partial charge in [0.05, 0.1) is 0 Å². The Balaban J connectivity index is 1.92. The Hall–Kier alpha value is -1.32. The van der Waals surface area contributed by atoms with E-state index >= 15 is 0 Å². The van der Waals surface area contributed by atoms with Gasteiger partial charge in [0.2, 0.25) is 0 Å². The molecule has 0 saturated carbocycles. The fourth-order valence-electron chi connectivity index (χ4n) is 3.33. The predicted molar refractivity (Wildman–Crippen MR) is 85.0 cm³/mol. The standard InChI is InChI=1S/C17H25N3/c1-2-3-7-17(20-12-10-18-11-13-20)15-5-4-6-16-14(15)8-9-19-16/h4-6,8-9,17-19H,2-3,7,10-13H2,1H3/t17-/m0/s1. The van der Waals surface area contributed by atoms with Gasteiger partial charge in [0, 0.05) is 49.3 Å². The lowest BCUT2D eigenvalue weighted by atomic mass is 9.96. The van der Waals surface area contributed by atoms with Crippen molar-refractivity contribution in [2.24, 2.45) is 0 Å². The molecule has 1 fully saturated rings. The van der Waals surface area contributed by atoms with E-state index < -0.39 is 0 Å². The summed E-state index contributed by atoms with van der Waals surface area (Å²) in [6.07, 6.45) is 5.89. The van der Waals surface area contributed by atoms with Crippen molar-refractivity contribution in [1.82, 2.24) is 15.2 Å². The summed E-state index contributed by atoms with van der Waals surface area (Å²) < 4.78 is 0. The zero-order valence-corrected chi connectivity index (χ0v) is 12.4. The minimum absolute atomic E-state index is 0.566. The number of nitrogens with one attached hydrogen (secondary N) is 2. The second-order valence-corrected chi connectivity index (χ2v) is 5.73. The third-order valence-corrected chi connectivity index (χ3v) is 4.41. The minimum Gasteiger partial charge on any atom is -0.361 e. The van der Waals surface area contributed by atoms with Gasteiger partial charge in [-0.3, -0.25) is 4.90 Å². The minimum atomic E-state index is 0.566. The third kappa shape index (κ3) is 2.74. The smallest absolute Gasteiger partial charge is 0.0457 e. The van der Waals surface area contributed by atoms with E-state index in [9.17, 15) is 0 Å². The highest BCUT2D eigenvalue weighted by molar-refractivity contribution is 5.83. The van der Waals surface area contributed by atoms with E-state index in [-0.39, 0.29) is 0 Å². The number of unbranched alkanes of at least 4 members (excludes halogenated alkanes) is 1. The van der Waals surface area contributed by atoms with Crippen LogP contribution < -0.4 is 5.32 Å². The summed E-state index contributed by atoms with van der Waals surface area (Å²) in [5.74, 6) is 0. The van der Waals surface area contributed by atoms with Gasteiger partial charge in [0.25, 0.3) is 0 Å². The molecule has 1 aromatic heterocycles. The first-order valence-electron chi connectivity index (χ1n) is 7.91. The highest BCUT2D eigenvalue weighted by atomic mass is 15.2. The van der Waals surface area contributed by atoms with E-state index in [0.29, 0.717) is 6.04 Å². The molecule has 0 amide bonds. The fraction of sp³-hybridized carbons (Fsp3) is 0.529. The van der Waals surface area contributed by atoms with Crippen LogP contribution in [0, 0.1) is 0 Å². The topological polar surface area (TPSA) is 31.1 Å². The van der Waals surface area contributed by atoms with Gasteiger partial charge in [0.15, 0.2) is 0 Å². The van der Waals surface area contributed by atoms with E-state index in [1.165, 1.54) is 35.7 Å². The highest BCUT2D eigenvalue weighted by Crippen LogP contribution is 2.31. The monoisotopic (exact) mass is 271 g/mol. The maximum Gasteiger partial charge on any atom is 0.0457 e. The molecule has 1 atom stereocenters. The molecular weight excluding hydrogens is 246 g/mol. The largest absolute Gasteiger partial charge is 0.361 e. The molecule has 1 saturated heterocycles. The summed E-state index contributed by atoms with van der Waals surface area (Å²) in [6, 6.07) is 9.48. The molecule has 2 aromatic rings. The van der Waals surface area contributed by atoms with Gasteiger partial charge in [-0.05, 0) is 24.1 Å². The van der Waals surface area contributed by atoms with Gasteiger partial charge >= 0.3 is 0 Å². The van der Waals surface area contributed by atoms with Crippen LogP contribution in [0.2, 0.25) is 0 Å². The molecule has 108 valence electrons. The Labute approximate surface area is 121 Å². The number of nitrogens with zero attached hydrogens (tertiary/aromatic N) is 1. The first kappa shape index (κ1) is 13.7. The first-order valence-corrected chi connectivity index (χ1v) is 7.91. The third-order valence-electron chi connectivity index (χ3n) is 4.41. The van der Waals surface area contributed by atoms with Crippen molar-refractivity contribution in [3.05, 3.63) is 36.0 Å². The van der Waals surface area contributed by atoms with Crippen LogP contribution in [0.5, 0.6) is 0 Å². The lowest BCUT2D eigenvalue weighted by Crippen LogP contribution is -2.45. The lowest BCUT2D eigenvalue weighted by Gasteiger charge is -2.35. The molecule has 1 aliphatic heterocycles. The Bertz CT molecular complexity index is 540. The van der Waals surface area contributed by atoms with Crippen molar-refractivity contribution in [2.75, 3.05) is 26.2 Å². The van der Waals surface area contributed by atoms with Gasteiger partial charge in [-0.1, -0.05) is 31.9 Å². The number of benzene rings is 1. The van der Waals surface area contributed by atoms with Crippen LogP contribution in [-0.2, 0) is 0 Å². The average Bonchev–Trinajstić information content (AvgIpc) is 2.98. The van der Waals surface area contributed by atoms with Crippen LogP contribution in [0.25, 0.3) is 10.9 Å². The van der Waals surface area contributed by atoms with Crippen molar-refractivity contribution in [3.63, 3.8) is 0 Å². The fourth-order valence-corrected chi connectivity index (χ4v) is 3.33. The molecule has 0 bridgehead atoms. The molecule has 2 heterocycles. The van der Waals surface area contributed by atoms with E-state index in [4.69, 9.17) is 0 Å². The number of rotatable bonds is 5. The van der Waals surface area contributed by atoms with Crippen molar-refractivity contribution >= 4 is 10.9 Å². The normalized spacial score (nSPS) is 18.4. The van der Waals surface area contributed by atoms with E-state index in [2.05, 4.69) is 52.6 Å². The Morgan fingerprint density at radius 3 is 2.85 bits per heavy atom. The molecule has 20 heavy (non-hydrogen) atoms. The number of hydrogen-bond donors (Lipinski definition) is 2. The summed E-state index contributed by atoms with van der Waals surface area (Å²) in [5.41, 5.74) is 2.76. The van der Waals surface area contributed by atoms with Crippen LogP contribution in [0.15, 0.2) is 30.5 Å². The number of hydrogen-bond acceptors (Lipinski definition) is 2. The molecule has 3 heteroatoms. The van der Waals surface area contributed by atoms with Crippen molar-refractivity contribution in [1.29, 1.82) is 0 Å². The van der Waals surface area contributed by atoms with Crippen LogP contribution in [0.1, 0.15) is 37.8 Å². The zero-order chi connectivity index (χ0) is 13.8. The molecule has 1 aromatic carbocycles. The van der Waals surface area contributed by atoms with Crippen LogP contribution in [0.4, 0.5) is 0 Å². The second-order valence-electron chi connectivity index (χ2n) is 5.73. The van der Waals surface area contributed by atoms with E-state index in [1.807, 2.05) is 0 Å². The summed E-state index contributed by atoms with van der Waals surface area (Å²) >= 11 is 0. The number of aromatic nitrogens is 1. The van der Waals surface area contributed by atoms with Gasteiger partial charge in [-0.15, -0.1) is 0 Å². The van der Waals surface area contributed by atoms with Crippen molar-refractivity contribution in [2.45, 2.75) is 32.2 Å². The Morgan fingerprint density at radius 2 is 2.05 bits per heavy atom. The maximum atomic E-state index is 3.46. The van der Waals surface area contributed by atoms with Crippen LogP contribution in [0.3, 0.4) is 0 Å². The molecular formula is C17H25N3. The molecule has 3 rings (SSSR count). The molecule has 1 aliphatic rings. The number of piperazine rings is 1. The Kier molecular flexibility index (Phi) is 4.38. The van der Waals surface area contributed by atoms with Crippen LogP contribution >= 0.6 is 0 Å². The van der Waals surface area contributed by atoms with E-state index in [0.717, 1.165) is 26.2 Å². The van der Waals surface area contributed by atoms with Gasteiger partial charge in [-0.25, -0.2) is 0 Å². The molecule has 0 unspecified atom stereocenters. The highest BCUT2D eigenvalue weighted by Gasteiger charge is 2.23. The van der Waals surface area contributed by atoms with Crippen LogP contribution in [-0.4, -0.2) is 36.1 Å². The van der Waals surface area contributed by atoms with E-state index in [1.54, 1.807) is 0 Å². The molecule has 0 aliphatic carbocycles. The molecule has 2 N–H and O–H groups in total. The molecule has 3 nitrogen and oxygen atoms in total. The Morgan fingerprint density at radius 1 is 1.20 bits per heavy atom. The second kappa shape index (κ2) is 6.42. The number of aromatic amines is 1.